The van der Waals surface area contributed by atoms with Crippen molar-refractivity contribution in [3.05, 3.63) is 77.5 Å². The van der Waals surface area contributed by atoms with Gasteiger partial charge in [0.1, 0.15) is 12.2 Å². The van der Waals surface area contributed by atoms with E-state index in [1.54, 1.807) is 61.6 Å². The largest absolute Gasteiger partial charge is 0.472 e. The maximum atomic E-state index is 13.3. The van der Waals surface area contributed by atoms with E-state index in [1.165, 1.54) is 4.90 Å². The van der Waals surface area contributed by atoms with Crippen molar-refractivity contribution >= 4 is 11.6 Å². The summed E-state index contributed by atoms with van der Waals surface area (Å²) >= 11 is 0. The van der Waals surface area contributed by atoms with Crippen LogP contribution in [0.5, 0.6) is 5.88 Å². The first-order valence-electron chi connectivity index (χ1n) is 8.23. The maximum absolute atomic E-state index is 13.3. The molecule has 28 heavy (non-hydrogen) atoms. The Kier molecular flexibility index (Phi) is 5.45. The number of hydrogen-bond acceptors (Lipinski definition) is 5. The first-order chi connectivity index (χ1) is 13.4. The summed E-state index contributed by atoms with van der Waals surface area (Å²) in [5.41, 5.74) is 0.766. The fraction of sp³-hybridized carbons (Fsp3) is 0.150. The molecule has 0 amide bonds. The molecule has 1 aromatic heterocycles. The minimum Gasteiger partial charge on any atom is -0.472 e. The number of alkyl halides is 3. The first kappa shape index (κ1) is 19.2. The zero-order chi connectivity index (χ0) is 20.1. The van der Waals surface area contributed by atoms with E-state index in [0.29, 0.717) is 17.4 Å². The molecule has 0 saturated heterocycles. The number of anilines is 2. The minimum atomic E-state index is -4.64. The number of nitriles is 1. The van der Waals surface area contributed by atoms with E-state index in [0.717, 1.165) is 5.56 Å². The van der Waals surface area contributed by atoms with Crippen LogP contribution in [0.1, 0.15) is 16.7 Å². The van der Waals surface area contributed by atoms with Crippen molar-refractivity contribution in [2.45, 2.75) is 12.8 Å². The highest BCUT2D eigenvalue weighted by Gasteiger charge is 2.36. The van der Waals surface area contributed by atoms with Crippen LogP contribution >= 0.6 is 0 Å². The molecule has 0 spiro atoms. The van der Waals surface area contributed by atoms with Crippen LogP contribution in [0.15, 0.2) is 60.8 Å². The minimum absolute atomic E-state index is 0.0424. The molecule has 0 bridgehead atoms. The predicted molar refractivity (Wildman–Crippen MR) is 97.0 cm³/mol. The molecule has 142 valence electrons. The van der Waals surface area contributed by atoms with Gasteiger partial charge in [0.2, 0.25) is 11.8 Å². The van der Waals surface area contributed by atoms with E-state index in [-0.39, 0.29) is 12.6 Å². The monoisotopic (exact) mass is 384 g/mol. The van der Waals surface area contributed by atoms with E-state index in [1.807, 2.05) is 6.07 Å². The first-order valence-corrected chi connectivity index (χ1v) is 8.23. The lowest BCUT2D eigenvalue weighted by atomic mass is 10.2. The number of ether oxygens (including phenoxy) is 1. The van der Waals surface area contributed by atoms with Crippen molar-refractivity contribution in [3.8, 4) is 11.9 Å². The quantitative estimate of drug-likeness (QED) is 0.637. The van der Waals surface area contributed by atoms with Gasteiger partial charge in [0.05, 0.1) is 11.6 Å². The van der Waals surface area contributed by atoms with Gasteiger partial charge in [-0.25, -0.2) is 4.98 Å². The molecule has 0 aliphatic carbocycles. The van der Waals surface area contributed by atoms with Gasteiger partial charge in [0.15, 0.2) is 0 Å². The van der Waals surface area contributed by atoms with Crippen molar-refractivity contribution in [2.24, 2.45) is 0 Å². The molecule has 0 fully saturated rings. The predicted octanol–water partition coefficient (Wildman–Crippen LogP) is 4.71. The summed E-state index contributed by atoms with van der Waals surface area (Å²) in [6.07, 6.45) is -3.93. The Bertz CT molecular complexity index is 983. The van der Waals surface area contributed by atoms with Gasteiger partial charge in [-0.1, -0.05) is 30.3 Å². The van der Waals surface area contributed by atoms with Gasteiger partial charge in [0.25, 0.3) is 0 Å². The van der Waals surface area contributed by atoms with Gasteiger partial charge >= 0.3 is 6.18 Å². The smallest absolute Gasteiger partial charge is 0.423 e. The SMILES string of the molecule is CN(c1ccc(C#N)cc1)c1ncc(C(F)(F)F)c(OCc2ccccc2)n1. The van der Waals surface area contributed by atoms with Crippen LogP contribution in [-0.4, -0.2) is 17.0 Å². The van der Waals surface area contributed by atoms with Gasteiger partial charge in [-0.3, -0.25) is 0 Å². The molecule has 0 aliphatic rings. The number of hydrogen-bond donors (Lipinski definition) is 0. The van der Waals surface area contributed by atoms with E-state index in [4.69, 9.17) is 10.00 Å². The van der Waals surface area contributed by atoms with Gasteiger partial charge < -0.3 is 9.64 Å². The summed E-state index contributed by atoms with van der Waals surface area (Å²) in [5.74, 6) is -0.498. The molecule has 3 aromatic rings. The van der Waals surface area contributed by atoms with Gasteiger partial charge in [0, 0.05) is 18.9 Å². The third-order valence-electron chi connectivity index (χ3n) is 3.95. The Morgan fingerprint density at radius 3 is 2.36 bits per heavy atom. The highest BCUT2D eigenvalue weighted by molar-refractivity contribution is 5.58. The summed E-state index contributed by atoms with van der Waals surface area (Å²) < 4.78 is 45.3. The normalized spacial score (nSPS) is 11.0. The average Bonchev–Trinajstić information content (AvgIpc) is 2.71. The van der Waals surface area contributed by atoms with Crippen LogP contribution in [0.3, 0.4) is 0 Å². The molecule has 0 radical (unpaired) electrons. The molecule has 8 heteroatoms. The number of aromatic nitrogens is 2. The van der Waals surface area contributed by atoms with Crippen molar-refractivity contribution in [2.75, 3.05) is 11.9 Å². The fourth-order valence-corrected chi connectivity index (χ4v) is 2.42. The van der Waals surface area contributed by atoms with Crippen molar-refractivity contribution in [3.63, 3.8) is 0 Å². The molecule has 1 heterocycles. The van der Waals surface area contributed by atoms with Gasteiger partial charge in [-0.2, -0.15) is 23.4 Å². The van der Waals surface area contributed by atoms with Crippen LogP contribution in [-0.2, 0) is 12.8 Å². The lowest BCUT2D eigenvalue weighted by Crippen LogP contribution is -2.17. The zero-order valence-electron chi connectivity index (χ0n) is 14.8. The van der Waals surface area contributed by atoms with E-state index < -0.39 is 17.6 Å². The molecular formula is C20H15F3N4O. The zero-order valence-corrected chi connectivity index (χ0v) is 14.8. The molecule has 0 unspecified atom stereocenters. The molecule has 5 nitrogen and oxygen atoms in total. The summed E-state index contributed by atoms with van der Waals surface area (Å²) in [5, 5.41) is 8.87. The van der Waals surface area contributed by atoms with Crippen LogP contribution in [0.4, 0.5) is 24.8 Å². The van der Waals surface area contributed by atoms with Crippen LogP contribution in [0.2, 0.25) is 0 Å². The maximum Gasteiger partial charge on any atom is 0.423 e. The van der Waals surface area contributed by atoms with E-state index in [9.17, 15) is 13.2 Å². The standard InChI is InChI=1S/C20H15F3N4O/c1-27(16-9-7-14(11-24)8-10-16)19-25-12-17(20(21,22)23)18(26-19)28-13-15-5-3-2-4-6-15/h2-10,12H,13H2,1H3. The van der Waals surface area contributed by atoms with Gasteiger partial charge in [-0.05, 0) is 29.8 Å². The summed E-state index contributed by atoms with van der Waals surface area (Å²) in [6, 6.07) is 17.4. The number of rotatable bonds is 5. The lowest BCUT2D eigenvalue weighted by Gasteiger charge is -2.19. The number of benzene rings is 2. The Balaban J connectivity index is 1.91. The Hall–Kier alpha value is -3.60. The third-order valence-corrected chi connectivity index (χ3v) is 3.95. The molecule has 0 saturated carbocycles. The number of nitrogens with zero attached hydrogens (tertiary/aromatic N) is 4. The van der Waals surface area contributed by atoms with E-state index >= 15 is 0 Å². The Morgan fingerprint density at radius 1 is 1.07 bits per heavy atom. The summed E-state index contributed by atoms with van der Waals surface area (Å²) in [4.78, 5) is 9.32. The second-order valence-corrected chi connectivity index (χ2v) is 5.88. The van der Waals surface area contributed by atoms with Crippen molar-refractivity contribution in [1.29, 1.82) is 5.26 Å². The molecule has 2 aromatic carbocycles. The molecule has 3 rings (SSSR count). The Morgan fingerprint density at radius 2 is 1.75 bits per heavy atom. The fourth-order valence-electron chi connectivity index (χ4n) is 2.42. The van der Waals surface area contributed by atoms with Crippen LogP contribution < -0.4 is 9.64 Å². The average molecular weight is 384 g/mol. The molecule has 0 N–H and O–H groups in total. The van der Waals surface area contributed by atoms with Gasteiger partial charge in [-0.15, -0.1) is 0 Å². The third kappa shape index (κ3) is 4.38. The highest BCUT2D eigenvalue weighted by atomic mass is 19.4. The van der Waals surface area contributed by atoms with Crippen molar-refractivity contribution in [1.82, 2.24) is 9.97 Å². The van der Waals surface area contributed by atoms with Crippen LogP contribution in [0.25, 0.3) is 0 Å². The van der Waals surface area contributed by atoms with Crippen LogP contribution in [0, 0.1) is 11.3 Å². The highest BCUT2D eigenvalue weighted by Crippen LogP contribution is 2.36. The second kappa shape index (κ2) is 7.96. The summed E-state index contributed by atoms with van der Waals surface area (Å²) in [7, 11) is 1.62. The molecule has 0 atom stereocenters. The molecular weight excluding hydrogens is 369 g/mol. The topological polar surface area (TPSA) is 62.0 Å². The van der Waals surface area contributed by atoms with Crippen molar-refractivity contribution < 1.29 is 17.9 Å². The molecule has 0 aliphatic heterocycles. The van der Waals surface area contributed by atoms with E-state index in [2.05, 4.69) is 9.97 Å². The lowest BCUT2D eigenvalue weighted by molar-refractivity contribution is -0.139. The summed E-state index contributed by atoms with van der Waals surface area (Å²) in [6.45, 7) is -0.0546. The Labute approximate surface area is 159 Å². The second-order valence-electron chi connectivity index (χ2n) is 5.88. The number of halogens is 3.